The van der Waals surface area contributed by atoms with Crippen LogP contribution in [0.25, 0.3) is 0 Å². The Hall–Kier alpha value is 0.830. The van der Waals surface area contributed by atoms with Crippen LogP contribution < -0.4 is 29.6 Å². The molecule has 1 N–H and O–H groups in total. The number of hydrogen-bond donors (Lipinski definition) is 1. The molecule has 0 aromatic carbocycles. The summed E-state index contributed by atoms with van der Waals surface area (Å²) in [6.07, 6.45) is 12.4. The van der Waals surface area contributed by atoms with E-state index in [1.165, 1.54) is 51.4 Å². The first-order valence-electron chi connectivity index (χ1n) is 9.09. The first-order valence-corrected chi connectivity index (χ1v) is 10.7. The van der Waals surface area contributed by atoms with Crippen LogP contribution in [0.5, 0.6) is 0 Å². The second-order valence-corrected chi connectivity index (χ2v) is 7.89. The molecule has 2 atom stereocenters. The van der Waals surface area contributed by atoms with Crippen molar-refractivity contribution in [3.63, 3.8) is 0 Å². The molecule has 0 bridgehead atoms. The van der Waals surface area contributed by atoms with Gasteiger partial charge in [0.25, 0.3) is 0 Å². The molecule has 0 spiro atoms. The summed E-state index contributed by atoms with van der Waals surface area (Å²) in [5.74, 6) is -0.661. The molecule has 0 aliphatic heterocycles. The van der Waals surface area contributed by atoms with Gasteiger partial charge in [0.1, 0.15) is 0 Å². The molecule has 0 radical (unpaired) electrons. The standard InChI is InChI=1S/C17H36O5S.Na/c1-3-4-5-6-7-8-9-10-11-12-13-16(2)22-17(14-18)15-23(19,20)21;/h16-18H,3-15H2,1-2H3,(H,19,20,21);/q;+1/p-1. The van der Waals surface area contributed by atoms with Gasteiger partial charge in [-0.25, -0.2) is 8.42 Å². The monoisotopic (exact) mass is 374 g/mol. The molecule has 0 saturated carbocycles. The van der Waals surface area contributed by atoms with Crippen molar-refractivity contribution in [1.29, 1.82) is 0 Å². The first-order chi connectivity index (χ1) is 10.9. The van der Waals surface area contributed by atoms with E-state index in [1.54, 1.807) is 0 Å². The summed E-state index contributed by atoms with van der Waals surface area (Å²) < 4.78 is 37.5. The minimum absolute atomic E-state index is 0. The maximum absolute atomic E-state index is 10.7. The zero-order chi connectivity index (χ0) is 17.6. The number of unbranched alkanes of at least 4 members (excludes halogenated alkanes) is 9. The van der Waals surface area contributed by atoms with Crippen LogP contribution in [0.15, 0.2) is 0 Å². The first kappa shape index (κ1) is 27.1. The molecule has 140 valence electrons. The summed E-state index contributed by atoms with van der Waals surface area (Å²) in [7, 11) is -4.36. The third kappa shape index (κ3) is 19.2. The van der Waals surface area contributed by atoms with Gasteiger partial charge < -0.3 is 14.4 Å². The zero-order valence-corrected chi connectivity index (χ0v) is 18.7. The van der Waals surface area contributed by atoms with Gasteiger partial charge in [-0.15, -0.1) is 0 Å². The Kier molecular flexibility index (Phi) is 19.4. The average Bonchev–Trinajstić information content (AvgIpc) is 2.47. The quantitative estimate of drug-likeness (QED) is 0.243. The van der Waals surface area contributed by atoms with Crippen molar-refractivity contribution < 1.29 is 52.4 Å². The predicted octanol–water partition coefficient (Wildman–Crippen LogP) is 0.613. The SMILES string of the molecule is CCCCCCCCCCCCC(C)OC(CO)CS(=O)(=O)[O-].[Na+]. The summed E-state index contributed by atoms with van der Waals surface area (Å²) in [6, 6.07) is 0. The number of aliphatic hydroxyl groups excluding tert-OH is 1. The van der Waals surface area contributed by atoms with Crippen molar-refractivity contribution in [3.8, 4) is 0 Å². The van der Waals surface area contributed by atoms with Crippen LogP contribution in [0, 0.1) is 0 Å². The van der Waals surface area contributed by atoms with Gasteiger partial charge in [0.05, 0.1) is 34.7 Å². The third-order valence-electron chi connectivity index (χ3n) is 3.98. The normalized spacial score (nSPS) is 14.2. The van der Waals surface area contributed by atoms with Crippen molar-refractivity contribution in [3.05, 3.63) is 0 Å². The fourth-order valence-electron chi connectivity index (χ4n) is 2.68. The van der Waals surface area contributed by atoms with E-state index in [0.717, 1.165) is 19.3 Å². The molecule has 0 heterocycles. The number of ether oxygens (including phenoxy) is 1. The van der Waals surface area contributed by atoms with Crippen molar-refractivity contribution >= 4 is 10.1 Å². The summed E-state index contributed by atoms with van der Waals surface area (Å²) >= 11 is 0. The fourth-order valence-corrected chi connectivity index (χ4v) is 3.32. The molecule has 0 fully saturated rings. The minimum Gasteiger partial charge on any atom is -0.748 e. The largest absolute Gasteiger partial charge is 1.00 e. The molecule has 24 heavy (non-hydrogen) atoms. The Morgan fingerprint density at radius 1 is 0.958 bits per heavy atom. The second kappa shape index (κ2) is 17.3. The summed E-state index contributed by atoms with van der Waals surface area (Å²) in [6.45, 7) is 3.64. The smallest absolute Gasteiger partial charge is 0.748 e. The van der Waals surface area contributed by atoms with Crippen LogP contribution in [0.1, 0.15) is 84.5 Å². The van der Waals surface area contributed by atoms with E-state index in [-0.39, 0.29) is 35.7 Å². The Balaban J connectivity index is 0. The Morgan fingerprint density at radius 2 is 1.42 bits per heavy atom. The number of rotatable bonds is 16. The van der Waals surface area contributed by atoms with Crippen LogP contribution in [0.4, 0.5) is 0 Å². The molecule has 0 aliphatic carbocycles. The van der Waals surface area contributed by atoms with Crippen LogP contribution in [-0.4, -0.2) is 42.6 Å². The summed E-state index contributed by atoms with van der Waals surface area (Å²) in [5.41, 5.74) is 0. The van der Waals surface area contributed by atoms with Crippen LogP contribution in [0.2, 0.25) is 0 Å². The van der Waals surface area contributed by atoms with E-state index >= 15 is 0 Å². The molecular weight excluding hydrogens is 339 g/mol. The van der Waals surface area contributed by atoms with Gasteiger partial charge in [-0.3, -0.25) is 0 Å². The Morgan fingerprint density at radius 3 is 1.83 bits per heavy atom. The van der Waals surface area contributed by atoms with Gasteiger partial charge in [-0.05, 0) is 13.3 Å². The predicted molar refractivity (Wildman–Crippen MR) is 92.4 cm³/mol. The zero-order valence-electron chi connectivity index (χ0n) is 15.8. The Labute approximate surface area is 171 Å². The molecule has 0 aliphatic rings. The van der Waals surface area contributed by atoms with Gasteiger partial charge in [0.15, 0.2) is 0 Å². The van der Waals surface area contributed by atoms with Crippen molar-refractivity contribution in [2.45, 2.75) is 96.7 Å². The van der Waals surface area contributed by atoms with E-state index in [2.05, 4.69) is 6.92 Å². The number of hydrogen-bond acceptors (Lipinski definition) is 5. The average molecular weight is 375 g/mol. The van der Waals surface area contributed by atoms with Gasteiger partial charge in [0.2, 0.25) is 0 Å². The summed E-state index contributed by atoms with van der Waals surface area (Å²) in [5, 5.41) is 9.06. The van der Waals surface area contributed by atoms with Crippen LogP contribution in [0.3, 0.4) is 0 Å². The van der Waals surface area contributed by atoms with E-state index in [4.69, 9.17) is 9.84 Å². The maximum atomic E-state index is 10.7. The van der Waals surface area contributed by atoms with E-state index in [1.807, 2.05) is 6.92 Å². The Bertz CT molecular complexity index is 362. The van der Waals surface area contributed by atoms with Crippen LogP contribution in [-0.2, 0) is 14.9 Å². The van der Waals surface area contributed by atoms with E-state index in [9.17, 15) is 13.0 Å². The van der Waals surface area contributed by atoms with Gasteiger partial charge in [-0.2, -0.15) is 0 Å². The van der Waals surface area contributed by atoms with Crippen LogP contribution >= 0.6 is 0 Å². The molecule has 0 rings (SSSR count). The maximum Gasteiger partial charge on any atom is 1.00 e. The van der Waals surface area contributed by atoms with Crippen molar-refractivity contribution in [1.82, 2.24) is 0 Å². The molecule has 0 amide bonds. The molecule has 0 aromatic heterocycles. The fraction of sp³-hybridized carbons (Fsp3) is 1.00. The van der Waals surface area contributed by atoms with Crippen molar-refractivity contribution in [2.75, 3.05) is 12.4 Å². The van der Waals surface area contributed by atoms with Gasteiger partial charge in [-0.1, -0.05) is 71.1 Å². The topological polar surface area (TPSA) is 86.7 Å². The molecule has 0 saturated heterocycles. The minimum atomic E-state index is -4.36. The van der Waals surface area contributed by atoms with Gasteiger partial charge >= 0.3 is 29.6 Å². The molecule has 5 nitrogen and oxygen atoms in total. The third-order valence-corrected chi connectivity index (χ3v) is 4.76. The molecular formula is C17H35NaO5S. The molecule has 7 heteroatoms. The number of aliphatic hydroxyl groups is 1. The molecule has 2 unspecified atom stereocenters. The second-order valence-electron chi connectivity index (χ2n) is 6.45. The molecule has 0 aromatic rings. The van der Waals surface area contributed by atoms with Gasteiger partial charge in [0, 0.05) is 0 Å². The summed E-state index contributed by atoms with van der Waals surface area (Å²) in [4.78, 5) is 0. The van der Waals surface area contributed by atoms with E-state index < -0.39 is 28.6 Å². The van der Waals surface area contributed by atoms with Crippen molar-refractivity contribution in [2.24, 2.45) is 0 Å². The van der Waals surface area contributed by atoms with E-state index in [0.29, 0.717) is 0 Å².